The summed E-state index contributed by atoms with van der Waals surface area (Å²) in [6, 6.07) is 11.3. The highest BCUT2D eigenvalue weighted by Crippen LogP contribution is 2.26. The van der Waals surface area contributed by atoms with E-state index in [0.717, 1.165) is 36.8 Å². The number of aryl methyl sites for hydroxylation is 1. The summed E-state index contributed by atoms with van der Waals surface area (Å²) >= 11 is 0. The van der Waals surface area contributed by atoms with Crippen LogP contribution in [0.1, 0.15) is 52.2 Å². The first kappa shape index (κ1) is 19.7. The van der Waals surface area contributed by atoms with Crippen molar-refractivity contribution in [2.75, 3.05) is 26.2 Å². The maximum Gasteiger partial charge on any atom is 0.289 e. The first-order chi connectivity index (χ1) is 14.1. The molecule has 1 saturated carbocycles. The van der Waals surface area contributed by atoms with E-state index in [1.165, 1.54) is 6.26 Å². The number of morpholine rings is 1. The minimum atomic E-state index is -0.198. The molecule has 154 valence electrons. The predicted molar refractivity (Wildman–Crippen MR) is 109 cm³/mol. The van der Waals surface area contributed by atoms with Crippen molar-refractivity contribution in [2.45, 2.75) is 44.8 Å². The Bertz CT molecular complexity index is 842. The number of rotatable bonds is 5. The van der Waals surface area contributed by atoms with E-state index in [1.54, 1.807) is 12.1 Å². The fraction of sp³-hybridized carbons (Fsp3) is 0.478. The number of hydrogen-bond donors (Lipinski definition) is 0. The first-order valence-electron chi connectivity index (χ1n) is 10.4. The second-order valence-electron chi connectivity index (χ2n) is 7.93. The van der Waals surface area contributed by atoms with Crippen molar-refractivity contribution in [3.63, 3.8) is 0 Å². The molecule has 2 heterocycles. The van der Waals surface area contributed by atoms with Crippen LogP contribution in [0.4, 0.5) is 0 Å². The van der Waals surface area contributed by atoms with Crippen LogP contribution in [0.3, 0.4) is 0 Å². The summed E-state index contributed by atoms with van der Waals surface area (Å²) in [5.74, 6) is 0.301. The maximum absolute atomic E-state index is 13.0. The minimum absolute atomic E-state index is 0.0289. The normalized spacial score (nSPS) is 20.0. The quantitative estimate of drug-likeness (QED) is 0.776. The van der Waals surface area contributed by atoms with Crippen molar-refractivity contribution < 1.29 is 18.7 Å². The van der Waals surface area contributed by atoms with Gasteiger partial charge in [-0.15, -0.1) is 0 Å². The van der Waals surface area contributed by atoms with Gasteiger partial charge in [-0.05, 0) is 43.5 Å². The van der Waals surface area contributed by atoms with Gasteiger partial charge in [0.05, 0.1) is 19.0 Å². The van der Waals surface area contributed by atoms with Crippen LogP contribution in [0.5, 0.6) is 0 Å². The molecule has 0 N–H and O–H groups in total. The second kappa shape index (κ2) is 8.82. The van der Waals surface area contributed by atoms with E-state index in [4.69, 9.17) is 9.15 Å². The molecule has 0 radical (unpaired) electrons. The Morgan fingerprint density at radius 2 is 1.93 bits per heavy atom. The number of hydrogen-bond acceptors (Lipinski definition) is 4. The number of carbonyl (C=O) groups is 2. The molecule has 1 aliphatic heterocycles. The van der Waals surface area contributed by atoms with E-state index in [2.05, 4.69) is 0 Å². The highest BCUT2D eigenvalue weighted by molar-refractivity contribution is 5.95. The van der Waals surface area contributed by atoms with Crippen molar-refractivity contribution >= 4 is 11.8 Å². The van der Waals surface area contributed by atoms with E-state index in [9.17, 15) is 9.59 Å². The molecular weight excluding hydrogens is 368 g/mol. The molecule has 2 amide bonds. The first-order valence-corrected chi connectivity index (χ1v) is 10.4. The van der Waals surface area contributed by atoms with Crippen LogP contribution in [-0.4, -0.2) is 60.0 Å². The summed E-state index contributed by atoms with van der Waals surface area (Å²) in [5.41, 5.74) is 1.70. The second-order valence-corrected chi connectivity index (χ2v) is 7.93. The summed E-state index contributed by atoms with van der Waals surface area (Å²) in [4.78, 5) is 29.8. The monoisotopic (exact) mass is 396 g/mol. The lowest BCUT2D eigenvalue weighted by Crippen LogP contribution is -2.52. The molecular formula is C23H28N2O4. The maximum atomic E-state index is 13.0. The van der Waals surface area contributed by atoms with E-state index in [0.29, 0.717) is 32.0 Å². The zero-order chi connectivity index (χ0) is 20.2. The van der Waals surface area contributed by atoms with Crippen LogP contribution in [0.2, 0.25) is 0 Å². The number of ether oxygens (including phenoxy) is 1. The number of benzene rings is 1. The van der Waals surface area contributed by atoms with Gasteiger partial charge in [0.25, 0.3) is 11.8 Å². The molecule has 0 unspecified atom stereocenters. The third-order valence-electron chi connectivity index (χ3n) is 5.96. The highest BCUT2D eigenvalue weighted by Gasteiger charge is 2.33. The smallest absolute Gasteiger partial charge is 0.289 e. The third kappa shape index (κ3) is 4.37. The van der Waals surface area contributed by atoms with Gasteiger partial charge in [0, 0.05) is 31.2 Å². The molecule has 6 nitrogen and oxygen atoms in total. The van der Waals surface area contributed by atoms with Gasteiger partial charge in [0.15, 0.2) is 5.76 Å². The summed E-state index contributed by atoms with van der Waals surface area (Å²) in [6.45, 7) is 3.97. The fourth-order valence-corrected chi connectivity index (χ4v) is 4.37. The van der Waals surface area contributed by atoms with Crippen molar-refractivity contribution in [1.82, 2.24) is 9.80 Å². The van der Waals surface area contributed by atoms with Gasteiger partial charge < -0.3 is 19.0 Å². The molecule has 0 spiro atoms. The largest absolute Gasteiger partial charge is 0.459 e. The number of furan rings is 1. The summed E-state index contributed by atoms with van der Waals surface area (Å²) in [7, 11) is 0. The lowest BCUT2D eigenvalue weighted by molar-refractivity contribution is -0.0374. The summed E-state index contributed by atoms with van der Waals surface area (Å²) in [6.07, 6.45) is 5.61. The molecule has 2 aromatic rings. The molecule has 2 fully saturated rings. The van der Waals surface area contributed by atoms with E-state index in [-0.39, 0.29) is 24.0 Å². The van der Waals surface area contributed by atoms with Gasteiger partial charge in [-0.1, -0.05) is 31.0 Å². The number of carbonyl (C=O) groups excluding carboxylic acids is 2. The molecule has 1 atom stereocenters. The summed E-state index contributed by atoms with van der Waals surface area (Å²) < 4.78 is 11.3. The highest BCUT2D eigenvalue weighted by atomic mass is 16.5. The zero-order valence-corrected chi connectivity index (χ0v) is 16.9. The zero-order valence-electron chi connectivity index (χ0n) is 16.9. The van der Waals surface area contributed by atoms with Crippen molar-refractivity contribution in [3.8, 4) is 0 Å². The Balaban J connectivity index is 1.47. The number of nitrogens with zero attached hydrogens (tertiary/aromatic N) is 2. The Hall–Kier alpha value is -2.60. The molecule has 2 aliphatic rings. The Labute approximate surface area is 171 Å². The molecule has 1 aliphatic carbocycles. The predicted octanol–water partition coefficient (Wildman–Crippen LogP) is 3.51. The molecule has 0 bridgehead atoms. The fourth-order valence-electron chi connectivity index (χ4n) is 4.37. The molecule has 1 aromatic carbocycles. The minimum Gasteiger partial charge on any atom is -0.459 e. The average molecular weight is 396 g/mol. The van der Waals surface area contributed by atoms with Crippen LogP contribution in [0, 0.1) is 6.92 Å². The van der Waals surface area contributed by atoms with Crippen molar-refractivity contribution in [1.29, 1.82) is 0 Å². The molecule has 6 heteroatoms. The van der Waals surface area contributed by atoms with Crippen LogP contribution in [0.15, 0.2) is 47.1 Å². The van der Waals surface area contributed by atoms with E-state index in [1.807, 2.05) is 41.0 Å². The summed E-state index contributed by atoms with van der Waals surface area (Å²) in [5, 5.41) is 0. The van der Waals surface area contributed by atoms with E-state index < -0.39 is 0 Å². The van der Waals surface area contributed by atoms with Gasteiger partial charge in [-0.3, -0.25) is 9.59 Å². The van der Waals surface area contributed by atoms with Gasteiger partial charge in [-0.25, -0.2) is 0 Å². The molecule has 29 heavy (non-hydrogen) atoms. The van der Waals surface area contributed by atoms with Gasteiger partial charge in [0.2, 0.25) is 0 Å². The van der Waals surface area contributed by atoms with Crippen molar-refractivity contribution in [2.24, 2.45) is 0 Å². The van der Waals surface area contributed by atoms with E-state index >= 15 is 0 Å². The topological polar surface area (TPSA) is 63.0 Å². The SMILES string of the molecule is Cc1ccccc1C(=O)N1CCO[C@@H](CN(C(=O)c2ccco2)C2CCCC2)C1. The van der Waals surface area contributed by atoms with Crippen LogP contribution in [-0.2, 0) is 4.74 Å². The standard InChI is InChI=1S/C23H28N2O4/c1-17-7-2-5-10-20(17)22(26)24-12-14-28-19(15-24)16-25(18-8-3-4-9-18)23(27)21-11-6-13-29-21/h2,5-7,10-11,13,18-19H,3-4,8-9,12,14-16H2,1H3/t19-/m1/s1. The van der Waals surface area contributed by atoms with Gasteiger partial charge in [0.1, 0.15) is 0 Å². The molecule has 4 rings (SSSR count). The molecule has 1 saturated heterocycles. The van der Waals surface area contributed by atoms with Crippen molar-refractivity contribution in [3.05, 3.63) is 59.5 Å². The Morgan fingerprint density at radius 3 is 2.66 bits per heavy atom. The van der Waals surface area contributed by atoms with Crippen LogP contribution in [0.25, 0.3) is 0 Å². The van der Waals surface area contributed by atoms with Gasteiger partial charge in [-0.2, -0.15) is 0 Å². The Kier molecular flexibility index (Phi) is 6.00. The Morgan fingerprint density at radius 1 is 1.14 bits per heavy atom. The average Bonchev–Trinajstić information content (AvgIpc) is 3.46. The van der Waals surface area contributed by atoms with Crippen LogP contribution >= 0.6 is 0 Å². The third-order valence-corrected chi connectivity index (χ3v) is 5.96. The lowest BCUT2D eigenvalue weighted by Gasteiger charge is -2.37. The molecule has 1 aromatic heterocycles. The lowest BCUT2D eigenvalue weighted by atomic mass is 10.1. The van der Waals surface area contributed by atoms with Gasteiger partial charge >= 0.3 is 0 Å². The number of amides is 2. The van der Waals surface area contributed by atoms with Crippen LogP contribution < -0.4 is 0 Å².